The van der Waals surface area contributed by atoms with Crippen LogP contribution in [0.1, 0.15) is 0 Å². The van der Waals surface area contributed by atoms with Crippen molar-refractivity contribution in [1.82, 2.24) is 24.6 Å². The van der Waals surface area contributed by atoms with Gasteiger partial charge in [0.2, 0.25) is 5.91 Å². The van der Waals surface area contributed by atoms with E-state index >= 15 is 0 Å². The fourth-order valence-corrected chi connectivity index (χ4v) is 4.41. The molecule has 0 spiro atoms. The highest BCUT2D eigenvalue weighted by atomic mass is 35.5. The summed E-state index contributed by atoms with van der Waals surface area (Å²) in [5.74, 6) is 0.893. The largest absolute Gasteiger partial charge is 0.360 e. The van der Waals surface area contributed by atoms with E-state index < -0.39 is 0 Å². The number of amides is 1. The van der Waals surface area contributed by atoms with E-state index in [2.05, 4.69) is 28.3 Å². The van der Waals surface area contributed by atoms with Crippen LogP contribution in [0.25, 0.3) is 28.0 Å². The topological polar surface area (TPSA) is 66.8 Å². The van der Waals surface area contributed by atoms with Crippen molar-refractivity contribution in [2.24, 2.45) is 0 Å². The number of carbonyl (C=O) groups is 1. The van der Waals surface area contributed by atoms with Crippen molar-refractivity contribution in [2.45, 2.75) is 5.16 Å². The zero-order chi connectivity index (χ0) is 22.5. The third kappa shape index (κ3) is 4.49. The monoisotopic (exact) mass is 463 g/mol. The first-order chi connectivity index (χ1) is 15.6. The van der Waals surface area contributed by atoms with Gasteiger partial charge >= 0.3 is 0 Å². The average molecular weight is 464 g/mol. The molecule has 6 nitrogen and oxygen atoms in total. The number of hydrogen-bond donors (Lipinski definition) is 1. The third-order valence-electron chi connectivity index (χ3n) is 4.92. The molecular formula is C24H22ClN5OS. The van der Waals surface area contributed by atoms with Gasteiger partial charge in [0.25, 0.3) is 0 Å². The maximum Gasteiger partial charge on any atom is 0.233 e. The number of para-hydroxylation sites is 1. The second-order valence-electron chi connectivity index (χ2n) is 7.03. The minimum atomic E-state index is -0.0194. The molecule has 32 heavy (non-hydrogen) atoms. The molecule has 0 aliphatic heterocycles. The van der Waals surface area contributed by atoms with E-state index in [4.69, 9.17) is 11.6 Å². The Morgan fingerprint density at radius 1 is 1.09 bits per heavy atom. The SMILES string of the molecule is C=CCN(CC=C)C(=O)CSc1nnc(-c2c[nH]c3ccccc23)n1-c1ccc(Cl)cc1. The van der Waals surface area contributed by atoms with Crippen molar-refractivity contribution in [2.75, 3.05) is 18.8 Å². The molecule has 4 aromatic rings. The standard InChI is InChI=1S/C24H22ClN5OS/c1-3-13-29(14-4-2)22(31)16-32-24-28-27-23(30(24)18-11-9-17(25)10-12-18)20-15-26-21-8-6-5-7-19(20)21/h3-12,15,26H,1-2,13-14,16H2. The van der Waals surface area contributed by atoms with E-state index in [1.807, 2.05) is 59.3 Å². The molecule has 8 heteroatoms. The predicted molar refractivity (Wildman–Crippen MR) is 131 cm³/mol. The zero-order valence-electron chi connectivity index (χ0n) is 17.4. The second-order valence-corrected chi connectivity index (χ2v) is 8.41. The molecule has 0 radical (unpaired) electrons. The van der Waals surface area contributed by atoms with Crippen molar-refractivity contribution < 1.29 is 4.79 Å². The number of fused-ring (bicyclic) bond motifs is 1. The number of H-pyrrole nitrogens is 1. The summed E-state index contributed by atoms with van der Waals surface area (Å²) in [5, 5.41) is 11.2. The van der Waals surface area contributed by atoms with E-state index in [0.29, 0.717) is 29.1 Å². The van der Waals surface area contributed by atoms with Gasteiger partial charge in [0, 0.05) is 46.5 Å². The molecule has 1 amide bonds. The maximum absolute atomic E-state index is 12.7. The summed E-state index contributed by atoms with van der Waals surface area (Å²) in [6, 6.07) is 15.5. The minimum absolute atomic E-state index is 0.0194. The van der Waals surface area contributed by atoms with Crippen LogP contribution >= 0.6 is 23.4 Å². The Kier molecular flexibility index (Phi) is 6.78. The number of nitrogens with one attached hydrogen (secondary N) is 1. The summed E-state index contributed by atoms with van der Waals surface area (Å²) in [6.45, 7) is 8.39. The van der Waals surface area contributed by atoms with Crippen molar-refractivity contribution in [3.8, 4) is 17.1 Å². The van der Waals surface area contributed by atoms with Gasteiger partial charge in [-0.2, -0.15) is 0 Å². The Morgan fingerprint density at radius 2 is 1.81 bits per heavy atom. The van der Waals surface area contributed by atoms with Crippen LogP contribution < -0.4 is 0 Å². The molecule has 1 N–H and O–H groups in total. The van der Waals surface area contributed by atoms with Crippen LogP contribution in [0.15, 0.2) is 85.2 Å². The van der Waals surface area contributed by atoms with Crippen molar-refractivity contribution in [3.05, 3.63) is 85.1 Å². The van der Waals surface area contributed by atoms with Crippen LogP contribution in [-0.4, -0.2) is 49.4 Å². The number of nitrogens with zero attached hydrogens (tertiary/aromatic N) is 4. The summed E-state index contributed by atoms with van der Waals surface area (Å²) in [5.41, 5.74) is 2.81. The molecule has 0 unspecified atom stereocenters. The zero-order valence-corrected chi connectivity index (χ0v) is 18.9. The van der Waals surface area contributed by atoms with Gasteiger partial charge in [-0.05, 0) is 30.3 Å². The van der Waals surface area contributed by atoms with Crippen LogP contribution in [0.5, 0.6) is 0 Å². The van der Waals surface area contributed by atoms with Crippen LogP contribution in [0.3, 0.4) is 0 Å². The number of hydrogen-bond acceptors (Lipinski definition) is 4. The molecule has 0 bridgehead atoms. The Morgan fingerprint density at radius 3 is 2.53 bits per heavy atom. The van der Waals surface area contributed by atoms with Crippen molar-refractivity contribution in [1.29, 1.82) is 0 Å². The van der Waals surface area contributed by atoms with Gasteiger partial charge in [-0.25, -0.2) is 0 Å². The predicted octanol–water partition coefficient (Wildman–Crippen LogP) is 5.36. The molecule has 0 saturated carbocycles. The number of aromatic nitrogens is 4. The highest BCUT2D eigenvalue weighted by Gasteiger charge is 2.20. The van der Waals surface area contributed by atoms with E-state index in [1.165, 1.54) is 11.8 Å². The van der Waals surface area contributed by atoms with Gasteiger partial charge in [-0.15, -0.1) is 23.4 Å². The summed E-state index contributed by atoms with van der Waals surface area (Å²) < 4.78 is 1.95. The highest BCUT2D eigenvalue weighted by Crippen LogP contribution is 2.32. The number of halogens is 1. The van der Waals surface area contributed by atoms with Gasteiger partial charge in [0.15, 0.2) is 11.0 Å². The quantitative estimate of drug-likeness (QED) is 0.268. The Hall–Kier alpha value is -3.29. The van der Waals surface area contributed by atoms with E-state index in [9.17, 15) is 4.79 Å². The number of aromatic amines is 1. The third-order valence-corrected chi connectivity index (χ3v) is 6.09. The van der Waals surface area contributed by atoms with Gasteiger partial charge in [0.1, 0.15) is 0 Å². The molecule has 0 saturated heterocycles. The normalized spacial score (nSPS) is 10.9. The molecule has 162 valence electrons. The lowest BCUT2D eigenvalue weighted by Crippen LogP contribution is -2.32. The Bertz CT molecular complexity index is 1250. The van der Waals surface area contributed by atoms with Crippen molar-refractivity contribution >= 4 is 40.2 Å². The van der Waals surface area contributed by atoms with Gasteiger partial charge < -0.3 is 9.88 Å². The first-order valence-electron chi connectivity index (χ1n) is 10.0. The smallest absolute Gasteiger partial charge is 0.233 e. The molecule has 0 aliphatic carbocycles. The maximum atomic E-state index is 12.7. The average Bonchev–Trinajstić information content (AvgIpc) is 3.42. The summed E-state index contributed by atoms with van der Waals surface area (Å²) in [6.07, 6.45) is 5.34. The summed E-state index contributed by atoms with van der Waals surface area (Å²) in [7, 11) is 0. The molecule has 2 aromatic carbocycles. The van der Waals surface area contributed by atoms with Crippen LogP contribution in [0, 0.1) is 0 Å². The molecule has 2 aromatic heterocycles. The first-order valence-corrected chi connectivity index (χ1v) is 11.4. The van der Waals surface area contributed by atoms with E-state index in [-0.39, 0.29) is 11.7 Å². The van der Waals surface area contributed by atoms with Crippen LogP contribution in [0.2, 0.25) is 5.02 Å². The lowest BCUT2D eigenvalue weighted by Gasteiger charge is -2.19. The summed E-state index contributed by atoms with van der Waals surface area (Å²) >= 11 is 7.45. The second kappa shape index (κ2) is 9.89. The molecule has 4 rings (SSSR count). The Balaban J connectivity index is 1.72. The number of carbonyl (C=O) groups excluding carboxylic acids is 1. The van der Waals surface area contributed by atoms with E-state index in [0.717, 1.165) is 22.2 Å². The molecule has 0 atom stereocenters. The minimum Gasteiger partial charge on any atom is -0.360 e. The van der Waals surface area contributed by atoms with Gasteiger partial charge in [-0.3, -0.25) is 9.36 Å². The van der Waals surface area contributed by atoms with Gasteiger partial charge in [-0.1, -0.05) is 53.7 Å². The Labute approximate surface area is 195 Å². The van der Waals surface area contributed by atoms with Crippen LogP contribution in [-0.2, 0) is 4.79 Å². The summed E-state index contributed by atoms with van der Waals surface area (Å²) in [4.78, 5) is 17.7. The van der Waals surface area contributed by atoms with Crippen LogP contribution in [0.4, 0.5) is 0 Å². The number of rotatable bonds is 9. The molecule has 0 aliphatic rings. The molecule has 2 heterocycles. The van der Waals surface area contributed by atoms with Gasteiger partial charge in [0.05, 0.1) is 5.75 Å². The number of thioether (sulfide) groups is 1. The fraction of sp³-hybridized carbons (Fsp3) is 0.125. The molecular weight excluding hydrogens is 442 g/mol. The van der Waals surface area contributed by atoms with Crippen molar-refractivity contribution in [3.63, 3.8) is 0 Å². The first kappa shape index (κ1) is 21.9. The fourth-order valence-electron chi connectivity index (χ4n) is 3.42. The lowest BCUT2D eigenvalue weighted by atomic mass is 10.1. The van der Waals surface area contributed by atoms with E-state index in [1.54, 1.807) is 17.1 Å². The lowest BCUT2D eigenvalue weighted by molar-refractivity contribution is -0.127. The number of benzene rings is 2. The molecule has 0 fully saturated rings. The highest BCUT2D eigenvalue weighted by molar-refractivity contribution is 7.99.